The number of amides is 3. The van der Waals surface area contributed by atoms with Gasteiger partial charge in [-0.15, -0.1) is 0 Å². The third-order valence-corrected chi connectivity index (χ3v) is 2.09. The SMILES string of the molecule is CC(C)(C)NC(=O)NC(=O)CN1CC(N)C1. The molecule has 0 aromatic rings. The molecule has 0 aliphatic carbocycles. The van der Waals surface area contributed by atoms with Gasteiger partial charge in [-0.05, 0) is 20.8 Å². The molecule has 1 heterocycles. The number of carbonyl (C=O) groups is 2. The predicted octanol–water partition coefficient (Wildman–Crippen LogP) is -0.746. The summed E-state index contributed by atoms with van der Waals surface area (Å²) in [7, 11) is 0. The van der Waals surface area contributed by atoms with Gasteiger partial charge in [0.25, 0.3) is 0 Å². The molecule has 3 amide bonds. The Bertz CT molecular complexity index is 279. The summed E-state index contributed by atoms with van der Waals surface area (Å²) < 4.78 is 0. The monoisotopic (exact) mass is 228 g/mol. The fourth-order valence-corrected chi connectivity index (χ4v) is 1.48. The second-order valence-electron chi connectivity index (χ2n) is 5.21. The summed E-state index contributed by atoms with van der Waals surface area (Å²) >= 11 is 0. The van der Waals surface area contributed by atoms with Crippen LogP contribution in [-0.4, -0.2) is 48.1 Å². The molecule has 0 saturated carbocycles. The number of imide groups is 1. The summed E-state index contributed by atoms with van der Waals surface area (Å²) in [6, 6.07) is -0.293. The molecule has 4 N–H and O–H groups in total. The first-order valence-electron chi connectivity index (χ1n) is 5.36. The van der Waals surface area contributed by atoms with E-state index in [1.165, 1.54) is 0 Å². The zero-order valence-electron chi connectivity index (χ0n) is 10.0. The molecule has 92 valence electrons. The number of nitrogens with two attached hydrogens (primary N) is 1. The molecule has 0 aromatic heterocycles. The van der Waals surface area contributed by atoms with Crippen LogP contribution in [0.4, 0.5) is 4.79 Å². The Kier molecular flexibility index (Phi) is 3.88. The number of nitrogens with zero attached hydrogens (tertiary/aromatic N) is 1. The summed E-state index contributed by atoms with van der Waals surface area (Å²) in [6.07, 6.45) is 0. The molecule has 1 aliphatic rings. The molecule has 1 saturated heterocycles. The number of nitrogens with one attached hydrogen (secondary N) is 2. The van der Waals surface area contributed by atoms with E-state index in [4.69, 9.17) is 5.73 Å². The van der Waals surface area contributed by atoms with Gasteiger partial charge in [-0.1, -0.05) is 0 Å². The zero-order valence-corrected chi connectivity index (χ0v) is 10.0. The van der Waals surface area contributed by atoms with Crippen molar-refractivity contribution in [3.8, 4) is 0 Å². The maximum absolute atomic E-state index is 11.4. The van der Waals surface area contributed by atoms with Crippen LogP contribution in [0.5, 0.6) is 0 Å². The van der Waals surface area contributed by atoms with Crippen LogP contribution in [0, 0.1) is 0 Å². The van der Waals surface area contributed by atoms with E-state index in [2.05, 4.69) is 10.6 Å². The molecular formula is C10H20N4O2. The van der Waals surface area contributed by atoms with E-state index in [1.54, 1.807) is 0 Å². The Labute approximate surface area is 95.5 Å². The molecule has 1 fully saturated rings. The molecule has 6 nitrogen and oxygen atoms in total. The third-order valence-electron chi connectivity index (χ3n) is 2.09. The molecule has 0 aromatic carbocycles. The minimum Gasteiger partial charge on any atom is -0.333 e. The number of likely N-dealkylation sites (tertiary alicyclic amines) is 1. The smallest absolute Gasteiger partial charge is 0.321 e. The number of urea groups is 1. The van der Waals surface area contributed by atoms with Gasteiger partial charge in [0.2, 0.25) is 5.91 Å². The lowest BCUT2D eigenvalue weighted by atomic mass is 10.1. The van der Waals surface area contributed by atoms with E-state index in [0.717, 1.165) is 0 Å². The van der Waals surface area contributed by atoms with Gasteiger partial charge in [0.05, 0.1) is 6.54 Å². The van der Waals surface area contributed by atoms with Gasteiger partial charge in [-0.25, -0.2) is 4.79 Å². The van der Waals surface area contributed by atoms with Crippen molar-refractivity contribution in [2.24, 2.45) is 5.73 Å². The minimum absolute atomic E-state index is 0.163. The topological polar surface area (TPSA) is 87.5 Å². The van der Waals surface area contributed by atoms with E-state index in [-0.39, 0.29) is 24.0 Å². The molecule has 16 heavy (non-hydrogen) atoms. The van der Waals surface area contributed by atoms with Gasteiger partial charge in [0.15, 0.2) is 0 Å². The van der Waals surface area contributed by atoms with Crippen LogP contribution >= 0.6 is 0 Å². The zero-order chi connectivity index (χ0) is 12.3. The lowest BCUT2D eigenvalue weighted by molar-refractivity contribution is -0.122. The van der Waals surface area contributed by atoms with Crippen LogP contribution in [0.2, 0.25) is 0 Å². The summed E-state index contributed by atoms with van der Waals surface area (Å²) in [6.45, 7) is 7.22. The highest BCUT2D eigenvalue weighted by Crippen LogP contribution is 2.03. The van der Waals surface area contributed by atoms with E-state index in [9.17, 15) is 9.59 Å². The lowest BCUT2D eigenvalue weighted by Gasteiger charge is -2.36. The second kappa shape index (κ2) is 4.80. The first-order chi connectivity index (χ1) is 7.26. The van der Waals surface area contributed by atoms with Crippen molar-refractivity contribution in [3.05, 3.63) is 0 Å². The molecule has 0 radical (unpaired) electrons. The molecule has 6 heteroatoms. The number of rotatable bonds is 2. The highest BCUT2D eigenvalue weighted by Gasteiger charge is 2.25. The highest BCUT2D eigenvalue weighted by atomic mass is 16.2. The van der Waals surface area contributed by atoms with Gasteiger partial charge in [0, 0.05) is 24.7 Å². The first-order valence-corrected chi connectivity index (χ1v) is 5.36. The van der Waals surface area contributed by atoms with Crippen molar-refractivity contribution in [1.29, 1.82) is 0 Å². The summed E-state index contributed by atoms with van der Waals surface area (Å²) in [5.74, 6) is -0.298. The van der Waals surface area contributed by atoms with E-state index >= 15 is 0 Å². The molecule has 0 bridgehead atoms. The van der Waals surface area contributed by atoms with Crippen LogP contribution in [0.3, 0.4) is 0 Å². The van der Waals surface area contributed by atoms with Crippen LogP contribution in [0.1, 0.15) is 20.8 Å². The molecular weight excluding hydrogens is 208 g/mol. The van der Waals surface area contributed by atoms with Crippen LogP contribution in [0.25, 0.3) is 0 Å². The van der Waals surface area contributed by atoms with Crippen molar-refractivity contribution >= 4 is 11.9 Å². The fraction of sp³-hybridized carbons (Fsp3) is 0.800. The Morgan fingerprint density at radius 2 is 1.94 bits per heavy atom. The average Bonchev–Trinajstić information content (AvgIpc) is 1.96. The minimum atomic E-state index is -0.456. The number of hydrogen-bond acceptors (Lipinski definition) is 4. The van der Waals surface area contributed by atoms with Gasteiger partial charge in [-0.2, -0.15) is 0 Å². The second-order valence-corrected chi connectivity index (χ2v) is 5.21. The van der Waals surface area contributed by atoms with Crippen LogP contribution in [0.15, 0.2) is 0 Å². The molecule has 0 atom stereocenters. The number of carbonyl (C=O) groups excluding carboxylic acids is 2. The molecule has 0 spiro atoms. The van der Waals surface area contributed by atoms with Gasteiger partial charge in [-0.3, -0.25) is 15.0 Å². The van der Waals surface area contributed by atoms with E-state index < -0.39 is 6.03 Å². The van der Waals surface area contributed by atoms with Gasteiger partial charge in [0.1, 0.15) is 0 Å². The highest BCUT2D eigenvalue weighted by molar-refractivity contribution is 5.95. The van der Waals surface area contributed by atoms with Crippen molar-refractivity contribution in [1.82, 2.24) is 15.5 Å². The standard InChI is InChI=1S/C10H20N4O2/c1-10(2,3)13-9(16)12-8(15)6-14-4-7(11)5-14/h7H,4-6,11H2,1-3H3,(H2,12,13,15,16). The average molecular weight is 228 g/mol. The van der Waals surface area contributed by atoms with Crippen molar-refractivity contribution in [2.75, 3.05) is 19.6 Å². The molecule has 1 rings (SSSR count). The maximum Gasteiger partial charge on any atom is 0.321 e. The van der Waals surface area contributed by atoms with Gasteiger partial charge < -0.3 is 11.1 Å². The molecule has 1 aliphatic heterocycles. The Morgan fingerprint density at radius 1 is 1.38 bits per heavy atom. The normalized spacial score (nSPS) is 17.8. The Balaban J connectivity index is 2.21. The van der Waals surface area contributed by atoms with Crippen molar-refractivity contribution in [2.45, 2.75) is 32.4 Å². The quantitative estimate of drug-likeness (QED) is 0.580. The third kappa shape index (κ3) is 4.59. The summed E-state index contributed by atoms with van der Waals surface area (Å²) in [4.78, 5) is 24.6. The van der Waals surface area contributed by atoms with E-state index in [1.807, 2.05) is 25.7 Å². The Morgan fingerprint density at radius 3 is 2.38 bits per heavy atom. The lowest BCUT2D eigenvalue weighted by Crippen LogP contribution is -2.59. The molecule has 0 unspecified atom stereocenters. The largest absolute Gasteiger partial charge is 0.333 e. The predicted molar refractivity (Wildman–Crippen MR) is 60.8 cm³/mol. The van der Waals surface area contributed by atoms with Crippen molar-refractivity contribution < 1.29 is 9.59 Å². The first kappa shape index (κ1) is 12.9. The fourth-order valence-electron chi connectivity index (χ4n) is 1.48. The Hall–Kier alpha value is -1.14. The summed E-state index contributed by atoms with van der Waals surface area (Å²) in [5, 5.41) is 4.93. The number of hydrogen-bond donors (Lipinski definition) is 3. The van der Waals surface area contributed by atoms with Crippen LogP contribution < -0.4 is 16.4 Å². The van der Waals surface area contributed by atoms with Gasteiger partial charge >= 0.3 is 6.03 Å². The summed E-state index contributed by atoms with van der Waals surface area (Å²) in [5.41, 5.74) is 5.23. The maximum atomic E-state index is 11.4. The van der Waals surface area contributed by atoms with E-state index in [0.29, 0.717) is 13.1 Å². The van der Waals surface area contributed by atoms with Crippen LogP contribution in [-0.2, 0) is 4.79 Å². The van der Waals surface area contributed by atoms with Crippen molar-refractivity contribution in [3.63, 3.8) is 0 Å².